The van der Waals surface area contributed by atoms with Gasteiger partial charge in [-0.2, -0.15) is 5.11 Å². The first-order chi connectivity index (χ1) is 10.1. The lowest BCUT2D eigenvalue weighted by atomic mass is 10.2. The average molecular weight is 303 g/mol. The Balaban J connectivity index is 2.13. The van der Waals surface area contributed by atoms with E-state index < -0.39 is 0 Å². The van der Waals surface area contributed by atoms with Crippen LogP contribution < -0.4 is 11.5 Å². The number of pyridine rings is 1. The molecule has 5 N–H and O–H groups in total. The number of halogens is 1. The van der Waals surface area contributed by atoms with E-state index in [1.54, 1.807) is 22.9 Å². The lowest BCUT2D eigenvalue weighted by Gasteiger charge is -2.09. The topological polar surface area (TPSA) is 132 Å². The van der Waals surface area contributed by atoms with Gasteiger partial charge < -0.3 is 11.5 Å². The molecule has 3 rings (SSSR count). The van der Waals surface area contributed by atoms with Crippen molar-refractivity contribution in [3.63, 3.8) is 0 Å². The van der Waals surface area contributed by atoms with Crippen molar-refractivity contribution in [2.45, 2.75) is 6.54 Å². The van der Waals surface area contributed by atoms with Crippen LogP contribution in [0.2, 0.25) is 5.02 Å². The monoisotopic (exact) mass is 302 g/mol. The van der Waals surface area contributed by atoms with E-state index in [2.05, 4.69) is 20.4 Å². The summed E-state index contributed by atoms with van der Waals surface area (Å²) < 4.78 is 1.61. The zero-order valence-electron chi connectivity index (χ0n) is 10.8. The molecule has 9 heteroatoms. The third kappa shape index (κ3) is 2.25. The van der Waals surface area contributed by atoms with Crippen LogP contribution in [0.1, 0.15) is 5.56 Å². The number of fused-ring (bicyclic) bond motifs is 1. The first-order valence-corrected chi connectivity index (χ1v) is 6.38. The standard InChI is InChI=1S/C12H11ClN8/c13-7-2-1-3-8-11(7)21(20-19-8)5-6-4-9(14)17-12(15)10(6)18-16/h1-4,16H,5H2,(H4,14,15,17). The third-order valence-corrected chi connectivity index (χ3v) is 3.34. The molecular weight excluding hydrogens is 292 g/mol. The van der Waals surface area contributed by atoms with Crippen LogP contribution in [0.3, 0.4) is 0 Å². The molecular formula is C12H11ClN8. The molecule has 0 spiro atoms. The molecule has 106 valence electrons. The molecule has 1 aromatic carbocycles. The van der Waals surface area contributed by atoms with Crippen molar-refractivity contribution in [3.05, 3.63) is 34.9 Å². The van der Waals surface area contributed by atoms with Crippen molar-refractivity contribution in [2.24, 2.45) is 5.11 Å². The molecule has 0 saturated heterocycles. The fourth-order valence-electron chi connectivity index (χ4n) is 2.14. The molecule has 21 heavy (non-hydrogen) atoms. The molecule has 0 atom stereocenters. The predicted octanol–water partition coefficient (Wildman–Crippen LogP) is 2.35. The first-order valence-electron chi connectivity index (χ1n) is 6.00. The molecule has 2 heterocycles. The summed E-state index contributed by atoms with van der Waals surface area (Å²) in [5, 5.41) is 12.1. The minimum absolute atomic E-state index is 0.107. The Bertz CT molecular complexity index is 841. The van der Waals surface area contributed by atoms with E-state index in [4.69, 9.17) is 28.6 Å². The highest BCUT2D eigenvalue weighted by Gasteiger charge is 2.13. The lowest BCUT2D eigenvalue weighted by Crippen LogP contribution is -2.06. The summed E-state index contributed by atoms with van der Waals surface area (Å²) in [6.45, 7) is 0.287. The maximum Gasteiger partial charge on any atom is 0.154 e. The van der Waals surface area contributed by atoms with Gasteiger partial charge in [0.1, 0.15) is 22.5 Å². The second-order valence-electron chi connectivity index (χ2n) is 4.41. The molecule has 0 radical (unpaired) electrons. The molecule has 2 aromatic heterocycles. The van der Waals surface area contributed by atoms with Gasteiger partial charge in [0.15, 0.2) is 5.82 Å². The van der Waals surface area contributed by atoms with Crippen LogP contribution >= 0.6 is 11.6 Å². The molecule has 0 amide bonds. The number of benzene rings is 1. The lowest BCUT2D eigenvalue weighted by molar-refractivity contribution is 0.669. The fourth-order valence-corrected chi connectivity index (χ4v) is 2.41. The van der Waals surface area contributed by atoms with E-state index in [1.807, 2.05) is 6.07 Å². The van der Waals surface area contributed by atoms with E-state index in [0.717, 1.165) is 0 Å². The van der Waals surface area contributed by atoms with Crippen molar-refractivity contribution in [3.8, 4) is 0 Å². The quantitative estimate of drug-likeness (QED) is 0.639. The molecule has 0 saturated carbocycles. The van der Waals surface area contributed by atoms with E-state index in [1.165, 1.54) is 0 Å². The zero-order valence-corrected chi connectivity index (χ0v) is 11.5. The Morgan fingerprint density at radius 2 is 2.14 bits per heavy atom. The van der Waals surface area contributed by atoms with Crippen molar-refractivity contribution in [2.75, 3.05) is 11.5 Å². The molecule has 0 aliphatic carbocycles. The minimum Gasteiger partial charge on any atom is -0.384 e. The summed E-state index contributed by atoms with van der Waals surface area (Å²) >= 11 is 6.18. The Hall–Kier alpha value is -2.74. The second kappa shape index (κ2) is 4.98. The van der Waals surface area contributed by atoms with Gasteiger partial charge in [-0.25, -0.2) is 15.2 Å². The van der Waals surface area contributed by atoms with E-state index in [0.29, 0.717) is 21.6 Å². The van der Waals surface area contributed by atoms with E-state index in [9.17, 15) is 0 Å². The van der Waals surface area contributed by atoms with Gasteiger partial charge in [0.2, 0.25) is 0 Å². The smallest absolute Gasteiger partial charge is 0.154 e. The van der Waals surface area contributed by atoms with Crippen molar-refractivity contribution < 1.29 is 0 Å². The second-order valence-corrected chi connectivity index (χ2v) is 4.81. The van der Waals surface area contributed by atoms with Crippen molar-refractivity contribution >= 4 is 40.0 Å². The van der Waals surface area contributed by atoms with Crippen molar-refractivity contribution in [1.82, 2.24) is 20.0 Å². The highest BCUT2D eigenvalue weighted by Crippen LogP contribution is 2.29. The van der Waals surface area contributed by atoms with Gasteiger partial charge in [-0.15, -0.1) is 5.10 Å². The number of aromatic nitrogens is 4. The van der Waals surface area contributed by atoms with Gasteiger partial charge in [0.05, 0.1) is 11.6 Å². The molecule has 0 aliphatic heterocycles. The average Bonchev–Trinajstić information content (AvgIpc) is 2.83. The van der Waals surface area contributed by atoms with Crippen LogP contribution in [-0.4, -0.2) is 20.0 Å². The van der Waals surface area contributed by atoms with Crippen LogP contribution in [0.15, 0.2) is 29.4 Å². The number of hydrogen-bond acceptors (Lipinski definition) is 7. The fraction of sp³-hybridized carbons (Fsp3) is 0.0833. The predicted molar refractivity (Wildman–Crippen MR) is 79.5 cm³/mol. The van der Waals surface area contributed by atoms with Gasteiger partial charge in [0.25, 0.3) is 0 Å². The summed E-state index contributed by atoms with van der Waals surface area (Å²) in [7, 11) is 0. The van der Waals surface area contributed by atoms with Gasteiger partial charge in [0, 0.05) is 5.56 Å². The van der Waals surface area contributed by atoms with E-state index in [-0.39, 0.29) is 23.9 Å². The summed E-state index contributed by atoms with van der Waals surface area (Å²) in [6, 6.07) is 6.98. The summed E-state index contributed by atoms with van der Waals surface area (Å²) in [6.07, 6.45) is 0. The van der Waals surface area contributed by atoms with Crippen molar-refractivity contribution in [1.29, 1.82) is 5.53 Å². The third-order valence-electron chi connectivity index (χ3n) is 3.03. The summed E-state index contributed by atoms with van der Waals surface area (Å²) in [4.78, 5) is 3.88. The number of rotatable bonds is 3. The molecule has 0 bridgehead atoms. The van der Waals surface area contributed by atoms with Gasteiger partial charge in [-0.3, -0.25) is 0 Å². The number of hydrogen-bond donors (Lipinski definition) is 3. The molecule has 3 aromatic rings. The number of nitrogen functional groups attached to an aromatic ring is 2. The Labute approximate surface area is 124 Å². The number of anilines is 2. The number of nitrogens with zero attached hydrogens (tertiary/aromatic N) is 5. The van der Waals surface area contributed by atoms with Gasteiger partial charge >= 0.3 is 0 Å². The molecule has 0 aliphatic rings. The zero-order chi connectivity index (χ0) is 15.0. The number of nitrogens with one attached hydrogen (secondary N) is 1. The van der Waals surface area contributed by atoms with Crippen LogP contribution in [0, 0.1) is 5.53 Å². The van der Waals surface area contributed by atoms with Gasteiger partial charge in [-0.05, 0) is 18.2 Å². The largest absolute Gasteiger partial charge is 0.384 e. The van der Waals surface area contributed by atoms with E-state index >= 15 is 0 Å². The van der Waals surface area contributed by atoms with Crippen LogP contribution in [-0.2, 0) is 6.54 Å². The van der Waals surface area contributed by atoms with Gasteiger partial charge in [-0.1, -0.05) is 22.9 Å². The minimum atomic E-state index is 0.107. The molecule has 8 nitrogen and oxygen atoms in total. The highest BCUT2D eigenvalue weighted by atomic mass is 35.5. The number of nitrogens with two attached hydrogens (primary N) is 2. The SMILES string of the molecule is N=Nc1c(Cn2nnc3cccc(Cl)c32)cc(N)nc1N. The summed E-state index contributed by atoms with van der Waals surface area (Å²) in [5.41, 5.74) is 20.9. The highest BCUT2D eigenvalue weighted by molar-refractivity contribution is 6.34. The Morgan fingerprint density at radius 1 is 1.33 bits per heavy atom. The van der Waals surface area contributed by atoms with Crippen LogP contribution in [0.4, 0.5) is 17.3 Å². The van der Waals surface area contributed by atoms with Crippen LogP contribution in [0.5, 0.6) is 0 Å². The number of para-hydroxylation sites is 1. The Morgan fingerprint density at radius 3 is 2.90 bits per heavy atom. The molecule has 0 fully saturated rings. The normalized spacial score (nSPS) is 10.9. The Kier molecular flexibility index (Phi) is 3.15. The first kappa shape index (κ1) is 13.3. The molecule has 0 unspecified atom stereocenters. The van der Waals surface area contributed by atoms with Crippen LogP contribution in [0.25, 0.3) is 11.0 Å². The maximum atomic E-state index is 7.22. The maximum absolute atomic E-state index is 7.22. The summed E-state index contributed by atoms with van der Waals surface area (Å²) in [5.74, 6) is 0.362.